The summed E-state index contributed by atoms with van der Waals surface area (Å²) < 4.78 is 13.4. The van der Waals surface area contributed by atoms with Crippen LogP contribution in [-0.2, 0) is 6.54 Å². The molecule has 0 saturated carbocycles. The van der Waals surface area contributed by atoms with Crippen LogP contribution >= 0.6 is 34.2 Å². The fourth-order valence-corrected chi connectivity index (χ4v) is 2.01. The van der Waals surface area contributed by atoms with E-state index < -0.39 is 0 Å². The van der Waals surface area contributed by atoms with Crippen LogP contribution in [0.3, 0.4) is 0 Å². The molecule has 0 bridgehead atoms. The number of hydrogen-bond acceptors (Lipinski definition) is 2. The third-order valence-electron chi connectivity index (χ3n) is 2.42. The fraction of sp³-hybridized carbons (Fsp3) is 0.0769. The van der Waals surface area contributed by atoms with Gasteiger partial charge in [0.05, 0.1) is 9.13 Å². The number of pyridine rings is 1. The van der Waals surface area contributed by atoms with Gasteiger partial charge in [0.15, 0.2) is 0 Å². The molecule has 3 nitrogen and oxygen atoms in total. The molecule has 19 heavy (non-hydrogen) atoms. The molecule has 0 fully saturated rings. The van der Waals surface area contributed by atoms with Gasteiger partial charge in [0.25, 0.3) is 5.91 Å². The molecule has 0 aliphatic heterocycles. The first-order valence-electron chi connectivity index (χ1n) is 5.40. The van der Waals surface area contributed by atoms with Gasteiger partial charge in [-0.1, -0.05) is 23.7 Å². The van der Waals surface area contributed by atoms with Gasteiger partial charge >= 0.3 is 0 Å². The molecule has 0 saturated heterocycles. The van der Waals surface area contributed by atoms with Crippen LogP contribution in [0, 0.1) is 9.39 Å². The quantitative estimate of drug-likeness (QED) is 0.645. The minimum absolute atomic E-state index is 0.244. The number of halogens is 3. The molecular formula is C13H9ClFIN2O. The maximum Gasteiger partial charge on any atom is 0.253 e. The molecule has 0 unspecified atom stereocenters. The molecule has 98 valence electrons. The summed E-state index contributed by atoms with van der Waals surface area (Å²) in [5.74, 6) is -0.544. The lowest BCUT2D eigenvalue weighted by Crippen LogP contribution is -2.23. The normalized spacial score (nSPS) is 10.3. The lowest BCUT2D eigenvalue weighted by molar-refractivity contribution is 0.0950. The number of nitrogens with one attached hydrogen (secondary N) is 1. The zero-order valence-corrected chi connectivity index (χ0v) is 12.6. The van der Waals surface area contributed by atoms with Gasteiger partial charge in [0.1, 0.15) is 11.0 Å². The second-order valence-corrected chi connectivity index (χ2v) is 5.33. The van der Waals surface area contributed by atoms with Crippen molar-refractivity contribution < 1.29 is 9.18 Å². The highest BCUT2D eigenvalue weighted by Crippen LogP contribution is 2.16. The molecule has 0 radical (unpaired) electrons. The third-order valence-corrected chi connectivity index (χ3v) is 3.87. The molecule has 1 heterocycles. The van der Waals surface area contributed by atoms with E-state index in [2.05, 4.69) is 10.3 Å². The van der Waals surface area contributed by atoms with Crippen molar-refractivity contribution in [3.63, 3.8) is 0 Å². The summed E-state index contributed by atoms with van der Waals surface area (Å²) >= 11 is 7.80. The monoisotopic (exact) mass is 390 g/mol. The molecule has 0 atom stereocenters. The van der Waals surface area contributed by atoms with Gasteiger partial charge < -0.3 is 5.32 Å². The van der Waals surface area contributed by atoms with E-state index >= 15 is 0 Å². The molecular weight excluding hydrogens is 382 g/mol. The van der Waals surface area contributed by atoms with Gasteiger partial charge in [-0.05, 0) is 46.4 Å². The number of amides is 1. The molecule has 1 amide bonds. The number of carbonyl (C=O) groups is 1. The van der Waals surface area contributed by atoms with Crippen LogP contribution in [0.25, 0.3) is 0 Å². The highest BCUT2D eigenvalue weighted by Gasteiger charge is 2.08. The lowest BCUT2D eigenvalue weighted by Gasteiger charge is -2.06. The average Bonchev–Trinajstić information content (AvgIpc) is 2.41. The van der Waals surface area contributed by atoms with Gasteiger partial charge in [0, 0.05) is 12.7 Å². The Kier molecular flexibility index (Phi) is 4.71. The molecule has 1 aromatic heterocycles. The number of rotatable bonds is 3. The van der Waals surface area contributed by atoms with E-state index in [1.54, 1.807) is 18.2 Å². The highest BCUT2D eigenvalue weighted by molar-refractivity contribution is 14.1. The smallest absolute Gasteiger partial charge is 0.253 e. The van der Waals surface area contributed by atoms with Crippen LogP contribution in [0.1, 0.15) is 15.9 Å². The van der Waals surface area contributed by atoms with Crippen LogP contribution in [0.15, 0.2) is 36.5 Å². The maximum atomic E-state index is 12.7. The predicted octanol–water partition coefficient (Wildman–Crippen LogP) is 3.41. The molecule has 1 aromatic carbocycles. The minimum Gasteiger partial charge on any atom is -0.348 e. The van der Waals surface area contributed by atoms with E-state index in [4.69, 9.17) is 11.6 Å². The topological polar surface area (TPSA) is 42.0 Å². The average molecular weight is 391 g/mol. The Hall–Kier alpha value is -1.21. The van der Waals surface area contributed by atoms with E-state index in [-0.39, 0.29) is 11.7 Å². The molecule has 0 aliphatic carbocycles. The first kappa shape index (κ1) is 14.2. The Morgan fingerprint density at radius 1 is 1.37 bits per heavy atom. The van der Waals surface area contributed by atoms with E-state index in [0.29, 0.717) is 20.8 Å². The van der Waals surface area contributed by atoms with Gasteiger partial charge in [0.2, 0.25) is 0 Å². The minimum atomic E-state index is -0.300. The van der Waals surface area contributed by atoms with Gasteiger partial charge in [-0.3, -0.25) is 4.79 Å². The lowest BCUT2D eigenvalue weighted by atomic mass is 10.2. The van der Waals surface area contributed by atoms with E-state index in [9.17, 15) is 9.18 Å². The van der Waals surface area contributed by atoms with Crippen molar-refractivity contribution in [2.45, 2.75) is 6.54 Å². The Morgan fingerprint density at radius 2 is 2.05 bits per heavy atom. The van der Waals surface area contributed by atoms with Crippen molar-refractivity contribution in [3.8, 4) is 0 Å². The number of nitrogens with zero attached hydrogens (tertiary/aromatic N) is 1. The summed E-state index contributed by atoms with van der Waals surface area (Å²) in [6, 6.07) is 7.62. The van der Waals surface area contributed by atoms with Crippen LogP contribution in [0.5, 0.6) is 0 Å². The van der Waals surface area contributed by atoms with Crippen molar-refractivity contribution in [2.75, 3.05) is 0 Å². The first-order chi connectivity index (χ1) is 9.06. The van der Waals surface area contributed by atoms with Crippen LogP contribution in [-0.4, -0.2) is 10.9 Å². The summed E-state index contributed by atoms with van der Waals surface area (Å²) in [5, 5.41) is 3.10. The van der Waals surface area contributed by atoms with Crippen LogP contribution in [0.2, 0.25) is 5.15 Å². The molecule has 0 aliphatic rings. The number of carbonyl (C=O) groups excluding carboxylic acids is 1. The molecule has 2 rings (SSSR count). The molecule has 2 aromatic rings. The number of benzene rings is 1. The van der Waals surface area contributed by atoms with Crippen LogP contribution in [0.4, 0.5) is 4.39 Å². The van der Waals surface area contributed by atoms with Crippen LogP contribution < -0.4 is 5.32 Å². The summed E-state index contributed by atoms with van der Waals surface area (Å²) in [6.45, 7) is 0.332. The summed E-state index contributed by atoms with van der Waals surface area (Å²) in [7, 11) is 0. The second-order valence-electron chi connectivity index (χ2n) is 3.81. The van der Waals surface area contributed by atoms with E-state index in [1.165, 1.54) is 18.3 Å². The second kappa shape index (κ2) is 6.29. The van der Waals surface area contributed by atoms with Crippen molar-refractivity contribution >= 4 is 40.1 Å². The van der Waals surface area contributed by atoms with Gasteiger partial charge in [-0.15, -0.1) is 0 Å². The fourth-order valence-electron chi connectivity index (χ4n) is 1.43. The highest BCUT2D eigenvalue weighted by atomic mass is 127. The Bertz CT molecular complexity index is 604. The molecule has 1 N–H and O–H groups in total. The van der Waals surface area contributed by atoms with Crippen molar-refractivity contribution in [1.82, 2.24) is 10.3 Å². The van der Waals surface area contributed by atoms with Crippen molar-refractivity contribution in [3.05, 3.63) is 62.2 Å². The zero-order chi connectivity index (χ0) is 13.8. The third kappa shape index (κ3) is 3.87. The van der Waals surface area contributed by atoms with E-state index in [1.807, 2.05) is 22.6 Å². The summed E-state index contributed by atoms with van der Waals surface area (Å²) in [5.41, 5.74) is 1.27. The number of aromatic nitrogens is 1. The SMILES string of the molecule is O=C(NCc1ccc(F)cc1)c1cnc(Cl)c(I)c1. The summed E-state index contributed by atoms with van der Waals surface area (Å²) in [4.78, 5) is 15.8. The Labute approximate surface area is 128 Å². The molecule has 0 spiro atoms. The number of hydrogen-bond donors (Lipinski definition) is 1. The first-order valence-corrected chi connectivity index (χ1v) is 6.85. The van der Waals surface area contributed by atoms with E-state index in [0.717, 1.165) is 5.56 Å². The summed E-state index contributed by atoms with van der Waals surface area (Å²) in [6.07, 6.45) is 1.42. The largest absolute Gasteiger partial charge is 0.348 e. The maximum absolute atomic E-state index is 12.7. The van der Waals surface area contributed by atoms with Crippen molar-refractivity contribution in [1.29, 1.82) is 0 Å². The standard InChI is InChI=1S/C13H9ClFIN2O/c14-12-11(16)5-9(7-17-12)13(19)18-6-8-1-3-10(15)4-2-8/h1-5,7H,6H2,(H,18,19). The Morgan fingerprint density at radius 3 is 2.68 bits per heavy atom. The Balaban J connectivity index is 2.01. The van der Waals surface area contributed by atoms with Gasteiger partial charge in [-0.25, -0.2) is 9.37 Å². The zero-order valence-electron chi connectivity index (χ0n) is 9.66. The van der Waals surface area contributed by atoms with Crippen molar-refractivity contribution in [2.24, 2.45) is 0 Å². The van der Waals surface area contributed by atoms with Gasteiger partial charge in [-0.2, -0.15) is 0 Å². The molecule has 6 heteroatoms. The predicted molar refractivity (Wildman–Crippen MR) is 79.5 cm³/mol.